The Bertz CT molecular complexity index is 987. The fourth-order valence-electron chi connectivity index (χ4n) is 3.89. The largest absolute Gasteiger partial charge is 0.370 e. The van der Waals surface area contributed by atoms with E-state index in [0.29, 0.717) is 0 Å². The van der Waals surface area contributed by atoms with Crippen molar-refractivity contribution in [3.05, 3.63) is 95.6 Å². The molecule has 3 aromatic carbocycles. The maximum absolute atomic E-state index is 13.7. The minimum atomic E-state index is -0.433. The summed E-state index contributed by atoms with van der Waals surface area (Å²) in [5.41, 5.74) is 5.54. The Balaban J connectivity index is 1.68. The zero-order valence-corrected chi connectivity index (χ0v) is 17.4. The van der Waals surface area contributed by atoms with Gasteiger partial charge < -0.3 is 10.2 Å². The molecule has 1 amide bonds. The van der Waals surface area contributed by atoms with E-state index in [0.717, 1.165) is 29.9 Å². The van der Waals surface area contributed by atoms with Gasteiger partial charge in [0.05, 0.1) is 0 Å². The summed E-state index contributed by atoms with van der Waals surface area (Å²) in [7, 11) is 0. The predicted molar refractivity (Wildman–Crippen MR) is 120 cm³/mol. The highest BCUT2D eigenvalue weighted by atomic mass is 16.2. The molecule has 3 heteroatoms. The number of hydrogen-bond acceptors (Lipinski definition) is 2. The van der Waals surface area contributed by atoms with Crippen LogP contribution < -0.4 is 10.2 Å². The lowest BCUT2D eigenvalue weighted by molar-refractivity contribution is -0.119. The van der Waals surface area contributed by atoms with Gasteiger partial charge in [-0.2, -0.15) is 0 Å². The number of hydrogen-bond donors (Lipinski definition) is 1. The molecule has 0 saturated carbocycles. The summed E-state index contributed by atoms with van der Waals surface area (Å²) in [6.45, 7) is 7.33. The second-order valence-electron chi connectivity index (χ2n) is 8.68. The van der Waals surface area contributed by atoms with E-state index >= 15 is 0 Å². The van der Waals surface area contributed by atoms with E-state index in [2.05, 4.69) is 56.4 Å². The maximum atomic E-state index is 13.7. The number of amides is 1. The minimum Gasteiger partial charge on any atom is -0.370 e. The highest BCUT2D eigenvalue weighted by Crippen LogP contribution is 2.32. The van der Waals surface area contributed by atoms with Crippen LogP contribution in [-0.4, -0.2) is 12.5 Å². The van der Waals surface area contributed by atoms with Gasteiger partial charge in [-0.05, 0) is 46.7 Å². The SMILES string of the molecule is CC(C)(C)c1ccc(C(Nc2ccccc2)C(=O)N2CCc3ccccc32)cc1. The number of anilines is 2. The van der Waals surface area contributed by atoms with Crippen molar-refractivity contribution >= 4 is 17.3 Å². The number of benzene rings is 3. The van der Waals surface area contributed by atoms with E-state index in [-0.39, 0.29) is 11.3 Å². The van der Waals surface area contributed by atoms with Gasteiger partial charge in [0.2, 0.25) is 0 Å². The molecule has 0 radical (unpaired) electrons. The van der Waals surface area contributed by atoms with E-state index in [1.807, 2.05) is 53.4 Å². The summed E-state index contributed by atoms with van der Waals surface area (Å²) in [6.07, 6.45) is 0.906. The molecule has 3 aromatic rings. The van der Waals surface area contributed by atoms with E-state index < -0.39 is 6.04 Å². The van der Waals surface area contributed by atoms with Crippen LogP contribution >= 0.6 is 0 Å². The van der Waals surface area contributed by atoms with Crippen molar-refractivity contribution in [2.24, 2.45) is 0 Å². The van der Waals surface area contributed by atoms with Gasteiger partial charge in [0.25, 0.3) is 5.91 Å². The zero-order valence-electron chi connectivity index (χ0n) is 17.4. The van der Waals surface area contributed by atoms with Crippen molar-refractivity contribution in [1.82, 2.24) is 0 Å². The molecule has 0 aromatic heterocycles. The second kappa shape index (κ2) is 7.75. The molecule has 0 saturated heterocycles. The summed E-state index contributed by atoms with van der Waals surface area (Å²) < 4.78 is 0. The van der Waals surface area contributed by atoms with Gasteiger partial charge in [-0.1, -0.05) is 81.4 Å². The molecule has 148 valence electrons. The number of carbonyl (C=O) groups excluding carboxylic acids is 1. The van der Waals surface area contributed by atoms with Crippen molar-refractivity contribution in [1.29, 1.82) is 0 Å². The second-order valence-corrected chi connectivity index (χ2v) is 8.68. The van der Waals surface area contributed by atoms with Crippen LogP contribution in [0.5, 0.6) is 0 Å². The van der Waals surface area contributed by atoms with Crippen LogP contribution in [0.1, 0.15) is 43.5 Å². The van der Waals surface area contributed by atoms with Gasteiger partial charge >= 0.3 is 0 Å². The third-order valence-corrected chi connectivity index (χ3v) is 5.59. The molecule has 29 heavy (non-hydrogen) atoms. The summed E-state index contributed by atoms with van der Waals surface area (Å²) in [4.78, 5) is 15.6. The topological polar surface area (TPSA) is 32.3 Å². The Labute approximate surface area is 173 Å². The van der Waals surface area contributed by atoms with Crippen LogP contribution in [0, 0.1) is 0 Å². The molecule has 1 aliphatic heterocycles. The van der Waals surface area contributed by atoms with Crippen molar-refractivity contribution in [3.8, 4) is 0 Å². The average molecular weight is 385 g/mol. The maximum Gasteiger partial charge on any atom is 0.254 e. The van der Waals surface area contributed by atoms with Crippen molar-refractivity contribution in [2.45, 2.75) is 38.6 Å². The monoisotopic (exact) mass is 384 g/mol. The van der Waals surface area contributed by atoms with Crippen LogP contribution in [0.15, 0.2) is 78.9 Å². The van der Waals surface area contributed by atoms with Gasteiger partial charge in [-0.15, -0.1) is 0 Å². The van der Waals surface area contributed by atoms with Crippen molar-refractivity contribution in [3.63, 3.8) is 0 Å². The first-order chi connectivity index (χ1) is 13.9. The normalized spacial score (nSPS) is 14.4. The van der Waals surface area contributed by atoms with E-state index in [4.69, 9.17) is 0 Å². The van der Waals surface area contributed by atoms with Gasteiger partial charge in [0, 0.05) is 17.9 Å². The fourth-order valence-corrected chi connectivity index (χ4v) is 3.89. The number of nitrogens with zero attached hydrogens (tertiary/aromatic N) is 1. The first kappa shape index (κ1) is 19.3. The van der Waals surface area contributed by atoms with Crippen LogP contribution in [-0.2, 0) is 16.6 Å². The first-order valence-corrected chi connectivity index (χ1v) is 10.2. The zero-order chi connectivity index (χ0) is 20.4. The highest BCUT2D eigenvalue weighted by Gasteiger charge is 2.31. The third-order valence-electron chi connectivity index (χ3n) is 5.59. The predicted octanol–water partition coefficient (Wildman–Crippen LogP) is 5.73. The molecular formula is C26H28N2O. The quantitative estimate of drug-likeness (QED) is 0.623. The Hall–Kier alpha value is -3.07. The van der Waals surface area contributed by atoms with Crippen LogP contribution in [0.3, 0.4) is 0 Å². The van der Waals surface area contributed by atoms with Gasteiger partial charge in [-0.25, -0.2) is 0 Å². The van der Waals surface area contributed by atoms with Crippen molar-refractivity contribution < 1.29 is 4.79 Å². The number of carbonyl (C=O) groups is 1. The highest BCUT2D eigenvalue weighted by molar-refractivity contribution is 6.01. The molecule has 3 nitrogen and oxygen atoms in total. The van der Waals surface area contributed by atoms with Gasteiger partial charge in [0.15, 0.2) is 0 Å². The van der Waals surface area contributed by atoms with Crippen LogP contribution in [0.25, 0.3) is 0 Å². The molecule has 0 bridgehead atoms. The summed E-state index contributed by atoms with van der Waals surface area (Å²) >= 11 is 0. The lowest BCUT2D eigenvalue weighted by Gasteiger charge is -2.27. The lowest BCUT2D eigenvalue weighted by atomic mass is 9.86. The Morgan fingerprint density at radius 2 is 1.55 bits per heavy atom. The minimum absolute atomic E-state index is 0.0821. The number of rotatable bonds is 4. The van der Waals surface area contributed by atoms with Gasteiger partial charge in [-0.3, -0.25) is 4.79 Å². The molecule has 0 spiro atoms. The Morgan fingerprint density at radius 3 is 2.24 bits per heavy atom. The fraction of sp³-hybridized carbons (Fsp3) is 0.269. The van der Waals surface area contributed by atoms with Crippen LogP contribution in [0.2, 0.25) is 0 Å². The molecule has 4 rings (SSSR count). The summed E-state index contributed by atoms with van der Waals surface area (Å²) in [5, 5.41) is 3.47. The summed E-state index contributed by atoms with van der Waals surface area (Å²) in [5.74, 6) is 0.0855. The average Bonchev–Trinajstić information content (AvgIpc) is 3.16. The van der Waals surface area contributed by atoms with E-state index in [1.54, 1.807) is 0 Å². The summed E-state index contributed by atoms with van der Waals surface area (Å²) in [6, 6.07) is 26.2. The molecule has 1 aliphatic rings. The molecular weight excluding hydrogens is 356 g/mol. The number of para-hydroxylation sites is 2. The molecule has 1 atom stereocenters. The molecule has 1 unspecified atom stereocenters. The van der Waals surface area contributed by atoms with E-state index in [9.17, 15) is 4.79 Å². The molecule has 1 heterocycles. The van der Waals surface area contributed by atoms with E-state index in [1.165, 1.54) is 11.1 Å². The number of nitrogens with one attached hydrogen (secondary N) is 1. The Morgan fingerprint density at radius 1 is 0.897 bits per heavy atom. The Kier molecular flexibility index (Phi) is 5.14. The lowest BCUT2D eigenvalue weighted by Crippen LogP contribution is -2.37. The smallest absolute Gasteiger partial charge is 0.254 e. The first-order valence-electron chi connectivity index (χ1n) is 10.2. The third kappa shape index (κ3) is 4.04. The van der Waals surface area contributed by atoms with Crippen LogP contribution in [0.4, 0.5) is 11.4 Å². The number of fused-ring (bicyclic) bond motifs is 1. The van der Waals surface area contributed by atoms with Crippen molar-refractivity contribution in [2.75, 3.05) is 16.8 Å². The standard InChI is InChI=1S/C26H28N2O/c1-26(2,3)21-15-13-20(14-16-21)24(27-22-10-5-4-6-11-22)25(29)28-18-17-19-9-7-8-12-23(19)28/h4-16,24,27H,17-18H2,1-3H3. The molecule has 0 fully saturated rings. The molecule has 0 aliphatic carbocycles. The van der Waals surface area contributed by atoms with Gasteiger partial charge in [0.1, 0.15) is 6.04 Å². The molecule has 1 N–H and O–H groups in total.